The van der Waals surface area contributed by atoms with Crippen LogP contribution in [-0.2, 0) is 19.1 Å². The summed E-state index contributed by atoms with van der Waals surface area (Å²) in [7, 11) is 0. The lowest BCUT2D eigenvalue weighted by atomic mass is 10.2. The van der Waals surface area contributed by atoms with E-state index in [1.54, 1.807) is 48.5 Å². The molecule has 1 heterocycles. The molecule has 1 aromatic heterocycles. The van der Waals surface area contributed by atoms with Gasteiger partial charge >= 0.3 is 5.97 Å². The van der Waals surface area contributed by atoms with Crippen molar-refractivity contribution in [2.45, 2.75) is 12.1 Å². The van der Waals surface area contributed by atoms with Crippen LogP contribution < -0.4 is 10.6 Å². The zero-order chi connectivity index (χ0) is 22.2. The largest absolute Gasteiger partial charge is 0.455 e. The monoisotopic (exact) mass is 460 g/mol. The van der Waals surface area contributed by atoms with Gasteiger partial charge in [0.25, 0.3) is 11.1 Å². The van der Waals surface area contributed by atoms with E-state index in [4.69, 9.17) is 20.8 Å². The molecule has 2 aromatic carbocycles. The zero-order valence-corrected chi connectivity index (χ0v) is 17.8. The van der Waals surface area contributed by atoms with Crippen LogP contribution in [0.1, 0.15) is 6.92 Å². The smallest absolute Gasteiger partial charge is 0.316 e. The summed E-state index contributed by atoms with van der Waals surface area (Å²) in [5.41, 5.74) is 1.81. The van der Waals surface area contributed by atoms with Crippen LogP contribution in [0.4, 0.5) is 11.4 Å². The van der Waals surface area contributed by atoms with E-state index >= 15 is 0 Å². The fourth-order valence-electron chi connectivity index (χ4n) is 2.32. The fourth-order valence-corrected chi connectivity index (χ4v) is 3.01. The second kappa shape index (κ2) is 10.6. The minimum absolute atomic E-state index is 0.0963. The van der Waals surface area contributed by atoms with Crippen molar-refractivity contribution in [1.29, 1.82) is 0 Å². The summed E-state index contributed by atoms with van der Waals surface area (Å²) in [6.45, 7) is 0.964. The first-order valence-electron chi connectivity index (χ1n) is 8.94. The number of carbonyl (C=O) groups is 3. The molecule has 3 rings (SSSR count). The molecule has 9 nitrogen and oxygen atoms in total. The number of nitrogens with zero attached hydrogens (tertiary/aromatic N) is 2. The third kappa shape index (κ3) is 7.12. The van der Waals surface area contributed by atoms with E-state index < -0.39 is 18.5 Å². The summed E-state index contributed by atoms with van der Waals surface area (Å²) in [6.07, 6.45) is 0. The zero-order valence-electron chi connectivity index (χ0n) is 16.3. The lowest BCUT2D eigenvalue weighted by Gasteiger charge is -2.07. The van der Waals surface area contributed by atoms with Crippen LogP contribution in [0, 0.1) is 0 Å². The van der Waals surface area contributed by atoms with Gasteiger partial charge < -0.3 is 19.8 Å². The van der Waals surface area contributed by atoms with E-state index in [1.165, 1.54) is 6.92 Å². The minimum Gasteiger partial charge on any atom is -0.455 e. The van der Waals surface area contributed by atoms with Gasteiger partial charge in [-0.1, -0.05) is 23.4 Å². The molecule has 0 unspecified atom stereocenters. The highest BCUT2D eigenvalue weighted by molar-refractivity contribution is 7.99. The highest BCUT2D eigenvalue weighted by Gasteiger charge is 2.13. The van der Waals surface area contributed by atoms with Crippen molar-refractivity contribution < 1.29 is 23.5 Å². The number of thioether (sulfide) groups is 1. The Morgan fingerprint density at radius 1 is 1.00 bits per heavy atom. The number of nitrogens with one attached hydrogen (secondary N) is 2. The van der Waals surface area contributed by atoms with Crippen molar-refractivity contribution >= 4 is 52.5 Å². The van der Waals surface area contributed by atoms with E-state index in [0.717, 1.165) is 11.8 Å². The molecule has 11 heteroatoms. The molecule has 2 amide bonds. The topological polar surface area (TPSA) is 123 Å². The Bertz CT molecular complexity index is 1070. The minimum atomic E-state index is -0.604. The average molecular weight is 461 g/mol. The number of esters is 1. The fraction of sp³-hybridized carbons (Fsp3) is 0.150. The SMILES string of the molecule is CC(=O)Nc1ccc(NC(=O)COC(=O)CSc2nnc(-c3ccc(Cl)cc3)o2)cc1. The first-order chi connectivity index (χ1) is 14.9. The number of ether oxygens (including phenoxy) is 1. The lowest BCUT2D eigenvalue weighted by Crippen LogP contribution is -2.21. The molecule has 0 saturated heterocycles. The molecule has 0 aliphatic rings. The second-order valence-electron chi connectivity index (χ2n) is 6.14. The maximum absolute atomic E-state index is 11.9. The van der Waals surface area contributed by atoms with Crippen LogP contribution in [0.3, 0.4) is 0 Å². The summed E-state index contributed by atoms with van der Waals surface area (Å²) < 4.78 is 10.4. The molecule has 0 bridgehead atoms. The Labute approximate surface area is 186 Å². The molecule has 0 spiro atoms. The van der Waals surface area contributed by atoms with E-state index in [2.05, 4.69) is 20.8 Å². The van der Waals surface area contributed by atoms with E-state index in [0.29, 0.717) is 27.9 Å². The molecule has 0 atom stereocenters. The van der Waals surface area contributed by atoms with Gasteiger partial charge in [-0.25, -0.2) is 0 Å². The van der Waals surface area contributed by atoms with Crippen molar-refractivity contribution in [2.24, 2.45) is 0 Å². The molecule has 3 aromatic rings. The highest BCUT2D eigenvalue weighted by atomic mass is 35.5. The predicted octanol–water partition coefficient (Wildman–Crippen LogP) is 3.62. The van der Waals surface area contributed by atoms with Crippen LogP contribution in [0.15, 0.2) is 58.2 Å². The maximum atomic E-state index is 11.9. The molecule has 2 N–H and O–H groups in total. The molecule has 0 aliphatic carbocycles. The third-order valence-corrected chi connectivity index (χ3v) is 4.71. The van der Waals surface area contributed by atoms with E-state index in [9.17, 15) is 14.4 Å². The summed E-state index contributed by atoms with van der Waals surface area (Å²) >= 11 is 6.85. The van der Waals surface area contributed by atoms with Gasteiger partial charge in [0.05, 0.1) is 0 Å². The van der Waals surface area contributed by atoms with Crippen LogP contribution in [0.25, 0.3) is 11.5 Å². The number of benzene rings is 2. The first-order valence-corrected chi connectivity index (χ1v) is 10.3. The van der Waals surface area contributed by atoms with Crippen LogP contribution in [0.5, 0.6) is 0 Å². The van der Waals surface area contributed by atoms with Gasteiger partial charge in [-0.15, -0.1) is 10.2 Å². The summed E-state index contributed by atoms with van der Waals surface area (Å²) in [6, 6.07) is 13.4. The van der Waals surface area contributed by atoms with E-state index in [-0.39, 0.29) is 16.9 Å². The Morgan fingerprint density at radius 2 is 1.65 bits per heavy atom. The van der Waals surface area contributed by atoms with Crippen LogP contribution in [0.2, 0.25) is 5.02 Å². The Morgan fingerprint density at radius 3 is 2.29 bits per heavy atom. The summed E-state index contributed by atoms with van der Waals surface area (Å²) in [5, 5.41) is 13.8. The second-order valence-corrected chi connectivity index (χ2v) is 7.50. The molecule has 0 radical (unpaired) electrons. The first kappa shape index (κ1) is 22.3. The Hall–Kier alpha value is -3.37. The molecule has 31 heavy (non-hydrogen) atoms. The van der Waals surface area contributed by atoms with Gasteiger partial charge in [-0.05, 0) is 48.5 Å². The number of rotatable bonds is 8. The molecule has 160 valence electrons. The molecule has 0 saturated carbocycles. The quantitative estimate of drug-likeness (QED) is 0.386. The summed E-state index contributed by atoms with van der Waals surface area (Å²) in [5.74, 6) is -1.08. The average Bonchev–Trinajstić information content (AvgIpc) is 3.21. The Kier molecular flexibility index (Phi) is 7.63. The van der Waals surface area contributed by atoms with Gasteiger partial charge in [0, 0.05) is 28.9 Å². The Balaban J connectivity index is 1.40. The molecule has 0 fully saturated rings. The number of hydrogen-bond acceptors (Lipinski definition) is 8. The van der Waals surface area contributed by atoms with Gasteiger partial charge in [-0.3, -0.25) is 14.4 Å². The standard InChI is InChI=1S/C20H17ClN4O5S/c1-12(26)22-15-6-8-16(9-7-15)23-17(27)10-29-18(28)11-31-20-25-24-19(30-20)13-2-4-14(21)5-3-13/h2-9H,10-11H2,1H3,(H,22,26)(H,23,27). The van der Waals surface area contributed by atoms with Gasteiger partial charge in [-0.2, -0.15) is 0 Å². The van der Waals surface area contributed by atoms with Crippen molar-refractivity contribution in [3.05, 3.63) is 53.6 Å². The predicted molar refractivity (Wildman–Crippen MR) is 116 cm³/mol. The van der Waals surface area contributed by atoms with Crippen molar-refractivity contribution in [3.8, 4) is 11.5 Å². The number of carbonyl (C=O) groups excluding carboxylic acids is 3. The van der Waals surface area contributed by atoms with Crippen LogP contribution in [-0.4, -0.2) is 40.3 Å². The number of halogens is 1. The van der Waals surface area contributed by atoms with E-state index in [1.807, 2.05) is 0 Å². The normalized spacial score (nSPS) is 10.4. The number of aromatic nitrogens is 2. The van der Waals surface area contributed by atoms with Crippen molar-refractivity contribution in [3.63, 3.8) is 0 Å². The number of hydrogen-bond donors (Lipinski definition) is 2. The third-order valence-electron chi connectivity index (χ3n) is 3.66. The molecule has 0 aliphatic heterocycles. The van der Waals surface area contributed by atoms with Crippen molar-refractivity contribution in [1.82, 2.24) is 10.2 Å². The highest BCUT2D eigenvalue weighted by Crippen LogP contribution is 2.24. The molecular weight excluding hydrogens is 444 g/mol. The van der Waals surface area contributed by atoms with Gasteiger partial charge in [0.1, 0.15) is 5.75 Å². The number of amides is 2. The maximum Gasteiger partial charge on any atom is 0.316 e. The lowest BCUT2D eigenvalue weighted by molar-refractivity contribution is -0.144. The summed E-state index contributed by atoms with van der Waals surface area (Å²) in [4.78, 5) is 34.8. The van der Waals surface area contributed by atoms with Crippen molar-refractivity contribution in [2.75, 3.05) is 23.0 Å². The molecular formula is C20H17ClN4O5S. The van der Waals surface area contributed by atoms with Gasteiger partial charge in [0.15, 0.2) is 6.61 Å². The van der Waals surface area contributed by atoms with Crippen LogP contribution >= 0.6 is 23.4 Å². The van der Waals surface area contributed by atoms with Gasteiger partial charge in [0.2, 0.25) is 11.8 Å². The number of anilines is 2.